The summed E-state index contributed by atoms with van der Waals surface area (Å²) in [6, 6.07) is 8.83. The van der Waals surface area contributed by atoms with Crippen LogP contribution in [0, 0.1) is 32.8 Å². The fraction of sp³-hybridized carbons (Fsp3) is 0.581. The number of aryl methyl sites for hydroxylation is 1. The summed E-state index contributed by atoms with van der Waals surface area (Å²) in [5.41, 5.74) is -0.932. The highest BCUT2D eigenvalue weighted by Gasteiger charge is 2.29. The Morgan fingerprint density at radius 3 is 1.89 bits per heavy atom. The van der Waals surface area contributed by atoms with Gasteiger partial charge in [0.15, 0.2) is 0 Å². The van der Waals surface area contributed by atoms with Gasteiger partial charge in [0.25, 0.3) is 0 Å². The van der Waals surface area contributed by atoms with E-state index in [2.05, 4.69) is 24.2 Å². The Morgan fingerprint density at radius 1 is 0.800 bits per heavy atom. The number of nitrogens with zero attached hydrogens (tertiary/aromatic N) is 3. The summed E-state index contributed by atoms with van der Waals surface area (Å²) in [6.45, 7) is 16.3. The quantitative estimate of drug-likeness (QED) is 0.0359. The van der Waals surface area contributed by atoms with Crippen LogP contribution in [0.2, 0.25) is 0 Å². The molecule has 1 saturated carbocycles. The fourth-order valence-electron chi connectivity index (χ4n) is 5.96. The van der Waals surface area contributed by atoms with Crippen LogP contribution in [0.25, 0.3) is 0 Å². The molecule has 12 nitrogen and oxygen atoms in total. The zero-order valence-electron chi connectivity index (χ0n) is 34.1. The molecule has 300 valence electrons. The molecule has 0 spiro atoms. The van der Waals surface area contributed by atoms with Gasteiger partial charge in [0.05, 0.1) is 15.8 Å². The Morgan fingerprint density at radius 2 is 1.35 bits per heavy atom. The van der Waals surface area contributed by atoms with Gasteiger partial charge in [-0.2, -0.15) is 0 Å². The molecule has 0 heterocycles. The van der Waals surface area contributed by atoms with Gasteiger partial charge in [-0.05, 0) is 115 Å². The van der Waals surface area contributed by atoms with Crippen LogP contribution in [0.3, 0.4) is 0 Å². The maximum Gasteiger partial charge on any atom is 0.340 e. The van der Waals surface area contributed by atoms with Gasteiger partial charge in [-0.25, -0.2) is 9.59 Å². The highest BCUT2D eigenvalue weighted by Crippen LogP contribution is 2.36. The average Bonchev–Trinajstić information content (AvgIpc) is 3.12. The number of nitro groups is 1. The van der Waals surface area contributed by atoms with E-state index in [1.165, 1.54) is 12.1 Å². The number of nitro benzene ring substituents is 1. The Labute approximate surface area is 325 Å². The molecule has 55 heavy (non-hydrogen) atoms. The van der Waals surface area contributed by atoms with Crippen molar-refractivity contribution in [2.75, 3.05) is 0 Å². The largest absolute Gasteiger partial charge is 0.450 e. The normalized spacial score (nSPS) is 14.4. The van der Waals surface area contributed by atoms with Gasteiger partial charge in [-0.1, -0.05) is 82.4 Å². The second-order valence-electron chi connectivity index (χ2n) is 17.0. The predicted octanol–water partition coefficient (Wildman–Crippen LogP) is 10.8. The van der Waals surface area contributed by atoms with Gasteiger partial charge >= 0.3 is 17.6 Å². The first-order valence-electron chi connectivity index (χ1n) is 19.6. The maximum absolute atomic E-state index is 13.9. The molecule has 1 aliphatic carbocycles. The van der Waals surface area contributed by atoms with Gasteiger partial charge in [-0.15, -0.1) is 0 Å². The third-order valence-corrected chi connectivity index (χ3v) is 9.36. The summed E-state index contributed by atoms with van der Waals surface area (Å²) in [7, 11) is 0. The number of unbranched alkanes of at least 4 members (excludes halogenated alkanes) is 1. The first-order valence-corrected chi connectivity index (χ1v) is 19.6. The zero-order valence-corrected chi connectivity index (χ0v) is 34.1. The Hall–Kier alpha value is -4.74. The van der Waals surface area contributed by atoms with E-state index >= 15 is 0 Å². The minimum absolute atomic E-state index is 0.0187. The first kappa shape index (κ1) is 44.7. The molecule has 2 aromatic carbocycles. The van der Waals surface area contributed by atoms with E-state index in [1.54, 1.807) is 59.7 Å². The molecule has 1 fully saturated rings. The third-order valence-electron chi connectivity index (χ3n) is 9.36. The number of Topliss-reactive ketones (excluding diaryl/α,β-unsaturated/α-hetero) is 2. The lowest BCUT2D eigenvalue weighted by Crippen LogP contribution is -2.24. The van der Waals surface area contributed by atoms with Crippen LogP contribution in [0.4, 0.5) is 5.69 Å². The highest BCUT2D eigenvalue weighted by atomic mass is 16.7. The highest BCUT2D eigenvalue weighted by molar-refractivity contribution is 6.46. The summed E-state index contributed by atoms with van der Waals surface area (Å²) in [6.07, 6.45) is 9.41. The monoisotopic (exact) mass is 761 g/mol. The lowest BCUT2D eigenvalue weighted by Gasteiger charge is -2.22. The van der Waals surface area contributed by atoms with E-state index < -0.39 is 44.9 Å². The van der Waals surface area contributed by atoms with Crippen LogP contribution in [0.5, 0.6) is 11.5 Å². The van der Waals surface area contributed by atoms with Crippen LogP contribution in [-0.2, 0) is 25.7 Å². The minimum Gasteiger partial charge on any atom is -0.450 e. The van der Waals surface area contributed by atoms with E-state index in [-0.39, 0.29) is 35.1 Å². The van der Waals surface area contributed by atoms with Crippen LogP contribution in [0.15, 0.2) is 46.7 Å². The molecule has 0 N–H and O–H groups in total. The molecule has 0 amide bonds. The molecule has 12 heteroatoms. The van der Waals surface area contributed by atoms with Crippen molar-refractivity contribution in [3.63, 3.8) is 0 Å². The fourth-order valence-corrected chi connectivity index (χ4v) is 5.96. The van der Waals surface area contributed by atoms with E-state index in [1.807, 2.05) is 6.92 Å². The number of ketones is 2. The van der Waals surface area contributed by atoms with Crippen molar-refractivity contribution in [1.29, 1.82) is 0 Å². The van der Waals surface area contributed by atoms with E-state index in [4.69, 9.17) is 14.4 Å². The summed E-state index contributed by atoms with van der Waals surface area (Å²) in [5, 5.41) is 20.4. The lowest BCUT2D eigenvalue weighted by molar-refractivity contribution is -0.385. The molecule has 0 saturated heterocycles. The van der Waals surface area contributed by atoms with Crippen molar-refractivity contribution < 1.29 is 38.5 Å². The standard InChI is InChI=1S/C43H59N3O9/c1-10-16-33(44-54-40(49)42(4,5)6)38(47)31-21-23-36(30(26-31)20-15-14-17-28(2)3)53-37-24-22-32(27-35(37)46(51)52)39(48)34(25-29-18-12-11-13-19-29)45-55-41(50)43(7,8)9/h21-24,26-29H,10-20,25H2,1-9H3/b44-33+,45-34+. The molecule has 0 bridgehead atoms. The van der Waals surface area contributed by atoms with Crippen LogP contribution in [-0.4, -0.2) is 39.9 Å². The van der Waals surface area contributed by atoms with Crippen molar-refractivity contribution in [3.8, 4) is 11.5 Å². The number of rotatable bonds is 18. The van der Waals surface area contributed by atoms with E-state index in [0.717, 1.165) is 57.4 Å². The summed E-state index contributed by atoms with van der Waals surface area (Å²) < 4.78 is 6.21. The SMILES string of the molecule is CCC/C(=N\OC(=O)C(C)(C)C)C(=O)c1ccc(Oc2ccc(C(=O)/C(CC3CCCCC3)=N/OC(=O)C(C)(C)C)cc2[N+](=O)[O-])c(CCCCC(C)C)c1. The molecule has 1 aliphatic rings. The number of benzene rings is 2. The molecule has 0 unspecified atom stereocenters. The van der Waals surface area contributed by atoms with Gasteiger partial charge in [0.2, 0.25) is 17.3 Å². The summed E-state index contributed by atoms with van der Waals surface area (Å²) >= 11 is 0. The molecule has 3 rings (SSSR count). The van der Waals surface area contributed by atoms with Gasteiger partial charge in [0.1, 0.15) is 17.2 Å². The number of hydrogen-bond donors (Lipinski definition) is 0. The molecule has 0 atom stereocenters. The third kappa shape index (κ3) is 13.8. The predicted molar refractivity (Wildman–Crippen MR) is 213 cm³/mol. The first-order chi connectivity index (χ1) is 25.8. The van der Waals surface area contributed by atoms with E-state index in [9.17, 15) is 29.3 Å². The van der Waals surface area contributed by atoms with Gasteiger partial charge in [-0.3, -0.25) is 19.7 Å². The Balaban J connectivity index is 1.99. The number of oxime groups is 2. The van der Waals surface area contributed by atoms with Crippen molar-refractivity contribution >= 4 is 40.6 Å². The maximum atomic E-state index is 13.9. The van der Waals surface area contributed by atoms with Crippen LogP contribution < -0.4 is 4.74 Å². The number of carbonyl (C=O) groups excluding carboxylic acids is 4. The minimum atomic E-state index is -0.842. The van der Waals surface area contributed by atoms with Crippen molar-refractivity contribution in [2.45, 2.75) is 139 Å². The van der Waals surface area contributed by atoms with Crippen molar-refractivity contribution in [3.05, 3.63) is 63.2 Å². The van der Waals surface area contributed by atoms with Crippen LogP contribution >= 0.6 is 0 Å². The zero-order chi connectivity index (χ0) is 40.9. The number of carbonyl (C=O) groups is 4. The second-order valence-corrected chi connectivity index (χ2v) is 17.0. The molecule has 0 aliphatic heterocycles. The molecular formula is C43H59N3O9. The lowest BCUT2D eigenvalue weighted by atomic mass is 9.84. The van der Waals surface area contributed by atoms with E-state index in [0.29, 0.717) is 42.1 Å². The molecule has 0 radical (unpaired) electrons. The second kappa shape index (κ2) is 20.3. The Bertz CT molecular complexity index is 1760. The molecule has 0 aromatic heterocycles. The number of ether oxygens (including phenoxy) is 1. The van der Waals surface area contributed by atoms with Crippen molar-refractivity contribution in [2.24, 2.45) is 33.0 Å². The summed E-state index contributed by atoms with van der Waals surface area (Å²) in [5.74, 6) is -1.19. The van der Waals surface area contributed by atoms with Crippen LogP contribution in [0.1, 0.15) is 159 Å². The molecular weight excluding hydrogens is 702 g/mol. The summed E-state index contributed by atoms with van der Waals surface area (Å²) in [4.78, 5) is 74.6. The topological polar surface area (TPSA) is 164 Å². The number of hydrogen-bond acceptors (Lipinski definition) is 11. The van der Waals surface area contributed by atoms with Gasteiger partial charge in [0, 0.05) is 17.2 Å². The Kier molecular flexibility index (Phi) is 16.4. The average molecular weight is 762 g/mol. The van der Waals surface area contributed by atoms with Gasteiger partial charge < -0.3 is 14.4 Å². The smallest absolute Gasteiger partial charge is 0.340 e. The van der Waals surface area contributed by atoms with Crippen molar-refractivity contribution in [1.82, 2.24) is 0 Å². The molecule has 2 aromatic rings.